The number of para-hydroxylation sites is 1. The van der Waals surface area contributed by atoms with Crippen LogP contribution in [0.5, 0.6) is 0 Å². The highest BCUT2D eigenvalue weighted by Crippen LogP contribution is 2.35. The molecule has 1 aromatic carbocycles. The van der Waals surface area contributed by atoms with Gasteiger partial charge < -0.3 is 9.97 Å². The number of aryl methyl sites for hydroxylation is 2. The lowest BCUT2D eigenvalue weighted by molar-refractivity contribution is 0.0995. The fourth-order valence-corrected chi connectivity index (χ4v) is 6.10. The summed E-state index contributed by atoms with van der Waals surface area (Å²) >= 11 is 2.94. The Morgan fingerprint density at radius 2 is 2.07 bits per heavy atom. The molecule has 0 saturated heterocycles. The number of aromatic amines is 2. The predicted octanol–water partition coefficient (Wildman–Crippen LogP) is 4.71. The number of nitrogens with one attached hydrogen (secondary N) is 2. The van der Waals surface area contributed by atoms with E-state index in [4.69, 9.17) is 0 Å². The number of thiophene rings is 1. The van der Waals surface area contributed by atoms with Crippen molar-refractivity contribution in [2.75, 3.05) is 0 Å². The number of benzene rings is 1. The third-order valence-electron chi connectivity index (χ3n) is 5.32. The third-order valence-corrected chi connectivity index (χ3v) is 7.49. The fraction of sp³-hybridized carbons (Fsp3) is 0.286. The number of aromatic nitrogens is 3. The van der Waals surface area contributed by atoms with Crippen molar-refractivity contribution in [2.45, 2.75) is 43.0 Å². The monoisotopic (exact) mass is 409 g/mol. The second-order valence-corrected chi connectivity index (χ2v) is 9.55. The van der Waals surface area contributed by atoms with Gasteiger partial charge >= 0.3 is 0 Å². The van der Waals surface area contributed by atoms with Gasteiger partial charge in [-0.2, -0.15) is 0 Å². The van der Waals surface area contributed by atoms with Gasteiger partial charge in [0.25, 0.3) is 5.56 Å². The summed E-state index contributed by atoms with van der Waals surface area (Å²) < 4.78 is 0. The summed E-state index contributed by atoms with van der Waals surface area (Å²) in [6.45, 7) is 1.86. The molecule has 0 spiro atoms. The van der Waals surface area contributed by atoms with Gasteiger partial charge in [0.15, 0.2) is 10.9 Å². The molecule has 4 aromatic rings. The zero-order valence-corrected chi connectivity index (χ0v) is 17.0. The molecule has 0 aliphatic heterocycles. The lowest BCUT2D eigenvalue weighted by Crippen LogP contribution is -2.16. The molecule has 142 valence electrons. The largest absolute Gasteiger partial charge is 0.360 e. The number of hydrogen-bond donors (Lipinski definition) is 2. The molecule has 1 atom stereocenters. The van der Waals surface area contributed by atoms with Crippen LogP contribution in [0.3, 0.4) is 0 Å². The third kappa shape index (κ3) is 2.89. The summed E-state index contributed by atoms with van der Waals surface area (Å²) in [6.07, 6.45) is 6.06. The van der Waals surface area contributed by atoms with Crippen LogP contribution in [0.25, 0.3) is 21.1 Å². The SMILES string of the molecule is CC(Sc1nc2sc3c(c2c(=O)[nH]1)CCCC3)C(=O)c1c[nH]c2ccccc12. The molecule has 1 aliphatic carbocycles. The Morgan fingerprint density at radius 3 is 2.96 bits per heavy atom. The van der Waals surface area contributed by atoms with Gasteiger partial charge in [-0.3, -0.25) is 9.59 Å². The lowest BCUT2D eigenvalue weighted by Gasteiger charge is -2.10. The van der Waals surface area contributed by atoms with Crippen molar-refractivity contribution in [1.29, 1.82) is 0 Å². The smallest absolute Gasteiger partial charge is 0.260 e. The number of carbonyl (C=O) groups is 1. The average Bonchev–Trinajstić information content (AvgIpc) is 3.28. The number of thioether (sulfide) groups is 1. The number of Topliss-reactive ketones (excluding diaryl/α,β-unsaturated/α-hetero) is 1. The van der Waals surface area contributed by atoms with Gasteiger partial charge in [0.2, 0.25) is 0 Å². The number of hydrogen-bond acceptors (Lipinski definition) is 5. The van der Waals surface area contributed by atoms with Crippen LogP contribution in [0.2, 0.25) is 0 Å². The highest BCUT2D eigenvalue weighted by atomic mass is 32.2. The van der Waals surface area contributed by atoms with Crippen LogP contribution in [0.4, 0.5) is 0 Å². The number of nitrogens with zero attached hydrogens (tertiary/aromatic N) is 1. The van der Waals surface area contributed by atoms with Gasteiger partial charge in [0, 0.05) is 27.5 Å². The maximum absolute atomic E-state index is 13.0. The Labute approximate surface area is 169 Å². The second-order valence-electron chi connectivity index (χ2n) is 7.13. The molecule has 28 heavy (non-hydrogen) atoms. The van der Waals surface area contributed by atoms with E-state index in [9.17, 15) is 9.59 Å². The minimum absolute atomic E-state index is 0.0238. The Bertz CT molecular complexity index is 1270. The van der Waals surface area contributed by atoms with Crippen LogP contribution in [-0.4, -0.2) is 26.0 Å². The molecule has 2 N–H and O–H groups in total. The summed E-state index contributed by atoms with van der Waals surface area (Å²) in [7, 11) is 0. The number of carbonyl (C=O) groups excluding carboxylic acids is 1. The van der Waals surface area contributed by atoms with Crippen LogP contribution in [0.1, 0.15) is 40.6 Å². The number of rotatable bonds is 4. The Morgan fingerprint density at radius 1 is 1.25 bits per heavy atom. The predicted molar refractivity (Wildman–Crippen MR) is 115 cm³/mol. The zero-order valence-electron chi connectivity index (χ0n) is 15.4. The standard InChI is InChI=1S/C21H19N3O2S2/c1-11(18(25)14-10-22-15-8-4-2-6-12(14)15)27-21-23-19(26)17-13-7-3-5-9-16(13)28-20(17)24-21/h2,4,6,8,10-11,22H,3,5,7,9H2,1H3,(H,23,24,26). The summed E-state index contributed by atoms with van der Waals surface area (Å²) in [5.41, 5.74) is 2.71. The highest BCUT2D eigenvalue weighted by molar-refractivity contribution is 8.00. The number of fused-ring (bicyclic) bond motifs is 4. The van der Waals surface area contributed by atoms with E-state index < -0.39 is 0 Å². The summed E-state index contributed by atoms with van der Waals surface area (Å²) in [5.74, 6) is 0.0238. The minimum atomic E-state index is -0.352. The van der Waals surface area contributed by atoms with Gasteiger partial charge in [-0.1, -0.05) is 30.0 Å². The maximum Gasteiger partial charge on any atom is 0.260 e. The van der Waals surface area contributed by atoms with Crippen molar-refractivity contribution < 1.29 is 4.79 Å². The van der Waals surface area contributed by atoms with E-state index in [0.717, 1.165) is 40.4 Å². The first-order valence-corrected chi connectivity index (χ1v) is 11.1. The van der Waals surface area contributed by atoms with Crippen molar-refractivity contribution in [3.63, 3.8) is 0 Å². The molecule has 1 unspecified atom stereocenters. The van der Waals surface area contributed by atoms with Crippen LogP contribution in [0, 0.1) is 0 Å². The zero-order chi connectivity index (χ0) is 19.3. The summed E-state index contributed by atoms with van der Waals surface area (Å²) in [6, 6.07) is 7.76. The molecular weight excluding hydrogens is 390 g/mol. The Balaban J connectivity index is 1.46. The second kappa shape index (κ2) is 6.90. The molecule has 0 saturated carbocycles. The Kier molecular flexibility index (Phi) is 4.36. The molecule has 0 radical (unpaired) electrons. The number of H-pyrrole nitrogens is 2. The quantitative estimate of drug-likeness (QED) is 0.291. The first-order chi connectivity index (χ1) is 13.6. The van der Waals surface area contributed by atoms with Crippen LogP contribution >= 0.6 is 23.1 Å². The molecule has 7 heteroatoms. The van der Waals surface area contributed by atoms with Crippen molar-refractivity contribution >= 4 is 50.0 Å². The molecule has 0 amide bonds. The van der Waals surface area contributed by atoms with Crippen molar-refractivity contribution in [1.82, 2.24) is 15.0 Å². The van der Waals surface area contributed by atoms with Crippen molar-refractivity contribution in [3.05, 3.63) is 56.8 Å². The average molecular weight is 410 g/mol. The van der Waals surface area contributed by atoms with Crippen LogP contribution < -0.4 is 5.56 Å². The molecule has 5 rings (SSSR count). The maximum atomic E-state index is 13.0. The molecule has 3 aromatic heterocycles. The van der Waals surface area contributed by atoms with Gasteiger partial charge in [0.1, 0.15) is 4.83 Å². The van der Waals surface area contributed by atoms with Gasteiger partial charge in [0.05, 0.1) is 10.6 Å². The molecule has 0 fully saturated rings. The van der Waals surface area contributed by atoms with E-state index in [1.54, 1.807) is 17.5 Å². The molecule has 1 aliphatic rings. The molecule has 3 heterocycles. The van der Waals surface area contributed by atoms with Gasteiger partial charge in [-0.25, -0.2) is 4.98 Å². The lowest BCUT2D eigenvalue weighted by atomic mass is 9.97. The summed E-state index contributed by atoms with van der Waals surface area (Å²) in [5, 5.41) is 1.83. The topological polar surface area (TPSA) is 78.6 Å². The first-order valence-electron chi connectivity index (χ1n) is 9.43. The van der Waals surface area contributed by atoms with Crippen LogP contribution in [-0.2, 0) is 12.8 Å². The van der Waals surface area contributed by atoms with E-state index >= 15 is 0 Å². The van der Waals surface area contributed by atoms with E-state index in [2.05, 4.69) is 15.0 Å². The minimum Gasteiger partial charge on any atom is -0.360 e. The molecule has 0 bridgehead atoms. The number of ketones is 1. The Hall–Kier alpha value is -2.38. The van der Waals surface area contributed by atoms with E-state index in [1.165, 1.54) is 28.6 Å². The van der Waals surface area contributed by atoms with Crippen molar-refractivity contribution in [2.24, 2.45) is 0 Å². The normalized spacial score (nSPS) is 15.0. The van der Waals surface area contributed by atoms with Gasteiger partial charge in [-0.05, 0) is 44.2 Å². The van der Waals surface area contributed by atoms with Crippen LogP contribution in [0.15, 0.2) is 40.4 Å². The fourth-order valence-electron chi connectivity index (χ4n) is 3.92. The first kappa shape index (κ1) is 17.7. The van der Waals surface area contributed by atoms with E-state index in [-0.39, 0.29) is 16.6 Å². The highest BCUT2D eigenvalue weighted by Gasteiger charge is 2.23. The van der Waals surface area contributed by atoms with Gasteiger partial charge in [-0.15, -0.1) is 11.3 Å². The van der Waals surface area contributed by atoms with Crippen molar-refractivity contribution in [3.8, 4) is 0 Å². The molecular formula is C21H19N3O2S2. The summed E-state index contributed by atoms with van der Waals surface area (Å²) in [4.78, 5) is 38.5. The molecule has 5 nitrogen and oxygen atoms in total. The van der Waals surface area contributed by atoms with E-state index in [0.29, 0.717) is 10.7 Å². The van der Waals surface area contributed by atoms with E-state index in [1.807, 2.05) is 31.2 Å².